The number of nitrogens with two attached hydrogens (primary N) is 1. The number of nitrogens with one attached hydrogen (secondary N) is 1. The Morgan fingerprint density at radius 2 is 2.00 bits per heavy atom. The van der Waals surface area contributed by atoms with E-state index in [1.54, 1.807) is 0 Å². The number of aryl methyl sites for hydroxylation is 1. The van der Waals surface area contributed by atoms with Gasteiger partial charge in [-0.25, -0.2) is 0 Å². The van der Waals surface area contributed by atoms with Gasteiger partial charge in [-0.2, -0.15) is 0 Å². The largest absolute Gasteiger partial charge is 0.393 e. The maximum atomic E-state index is 12.2. The Hall–Kier alpha value is -2.41. The second-order valence-corrected chi connectivity index (χ2v) is 5.32. The monoisotopic (exact) mass is 349 g/mol. The highest BCUT2D eigenvalue weighted by Gasteiger charge is 2.15. The van der Waals surface area contributed by atoms with Gasteiger partial charge < -0.3 is 11.1 Å². The normalized spacial score (nSPS) is 10.2. The van der Waals surface area contributed by atoms with Gasteiger partial charge in [0.25, 0.3) is 11.6 Å². The summed E-state index contributed by atoms with van der Waals surface area (Å²) < 4.78 is 0.747. The molecule has 0 bridgehead atoms. The van der Waals surface area contributed by atoms with Crippen molar-refractivity contribution in [3.05, 3.63) is 62.1 Å². The standard InChI is InChI=1S/C14H12BrN3O3/c1-8-2-4-10(15)12(6-8)17-14(19)9-3-5-13(18(20)21)11(16)7-9/h2-7H,16H2,1H3,(H,17,19). The van der Waals surface area contributed by atoms with Crippen molar-refractivity contribution >= 4 is 38.9 Å². The summed E-state index contributed by atoms with van der Waals surface area (Å²) in [5.74, 6) is -0.386. The molecule has 2 aromatic carbocycles. The molecule has 0 unspecified atom stereocenters. The van der Waals surface area contributed by atoms with Gasteiger partial charge in [0.05, 0.1) is 10.6 Å². The Morgan fingerprint density at radius 3 is 2.62 bits per heavy atom. The van der Waals surface area contributed by atoms with Gasteiger partial charge in [-0.15, -0.1) is 0 Å². The Bertz CT molecular complexity index is 731. The van der Waals surface area contributed by atoms with Crippen LogP contribution < -0.4 is 11.1 Å². The van der Waals surface area contributed by atoms with E-state index in [0.29, 0.717) is 5.69 Å². The number of anilines is 2. The Kier molecular flexibility index (Phi) is 4.23. The van der Waals surface area contributed by atoms with Crippen molar-refractivity contribution < 1.29 is 9.72 Å². The minimum Gasteiger partial charge on any atom is -0.393 e. The average Bonchev–Trinajstić information content (AvgIpc) is 2.42. The van der Waals surface area contributed by atoms with Crippen LogP contribution in [0.4, 0.5) is 17.1 Å². The van der Waals surface area contributed by atoms with Crippen molar-refractivity contribution in [1.82, 2.24) is 0 Å². The first-order valence-corrected chi connectivity index (χ1v) is 6.79. The van der Waals surface area contributed by atoms with Crippen LogP contribution >= 0.6 is 15.9 Å². The predicted octanol–water partition coefficient (Wildman–Crippen LogP) is 3.50. The number of rotatable bonds is 3. The Labute approximate surface area is 129 Å². The molecule has 0 atom stereocenters. The van der Waals surface area contributed by atoms with E-state index in [1.807, 2.05) is 25.1 Å². The number of carbonyl (C=O) groups is 1. The highest BCUT2D eigenvalue weighted by atomic mass is 79.9. The van der Waals surface area contributed by atoms with E-state index in [2.05, 4.69) is 21.2 Å². The summed E-state index contributed by atoms with van der Waals surface area (Å²) in [7, 11) is 0. The number of benzene rings is 2. The molecule has 0 heterocycles. The number of amides is 1. The van der Waals surface area contributed by atoms with Crippen LogP contribution in [0.3, 0.4) is 0 Å². The van der Waals surface area contributed by atoms with Crippen LogP contribution in [0.5, 0.6) is 0 Å². The SMILES string of the molecule is Cc1ccc(Br)c(NC(=O)c2ccc([N+](=O)[O-])c(N)c2)c1. The molecule has 7 heteroatoms. The van der Waals surface area contributed by atoms with Crippen molar-refractivity contribution in [3.8, 4) is 0 Å². The van der Waals surface area contributed by atoms with Crippen LogP contribution in [0.15, 0.2) is 40.9 Å². The molecule has 21 heavy (non-hydrogen) atoms. The molecular weight excluding hydrogens is 338 g/mol. The fourth-order valence-corrected chi connectivity index (χ4v) is 2.14. The molecular formula is C14H12BrN3O3. The van der Waals surface area contributed by atoms with Gasteiger partial charge in [0, 0.05) is 16.1 Å². The maximum absolute atomic E-state index is 12.2. The van der Waals surface area contributed by atoms with Gasteiger partial charge in [0.1, 0.15) is 5.69 Å². The van der Waals surface area contributed by atoms with Crippen molar-refractivity contribution in [2.45, 2.75) is 6.92 Å². The van der Waals surface area contributed by atoms with Gasteiger partial charge in [0.15, 0.2) is 0 Å². The lowest BCUT2D eigenvalue weighted by Crippen LogP contribution is -2.13. The molecule has 0 saturated heterocycles. The fraction of sp³-hybridized carbons (Fsp3) is 0.0714. The van der Waals surface area contributed by atoms with E-state index in [-0.39, 0.29) is 22.8 Å². The predicted molar refractivity (Wildman–Crippen MR) is 84.3 cm³/mol. The Balaban J connectivity index is 2.26. The van der Waals surface area contributed by atoms with E-state index < -0.39 is 4.92 Å². The van der Waals surface area contributed by atoms with Gasteiger partial charge >= 0.3 is 0 Å². The van der Waals surface area contributed by atoms with Crippen LogP contribution in [-0.2, 0) is 0 Å². The molecule has 0 spiro atoms. The van der Waals surface area contributed by atoms with Gasteiger partial charge in [-0.3, -0.25) is 14.9 Å². The molecule has 3 N–H and O–H groups in total. The lowest BCUT2D eigenvalue weighted by Gasteiger charge is -2.09. The first-order valence-electron chi connectivity index (χ1n) is 6.00. The van der Waals surface area contributed by atoms with Gasteiger partial charge in [0.2, 0.25) is 0 Å². The fourth-order valence-electron chi connectivity index (χ4n) is 1.79. The zero-order valence-corrected chi connectivity index (χ0v) is 12.7. The van der Waals surface area contributed by atoms with Gasteiger partial charge in [-0.1, -0.05) is 6.07 Å². The zero-order chi connectivity index (χ0) is 15.6. The molecule has 0 aromatic heterocycles. The van der Waals surface area contributed by atoms with E-state index in [0.717, 1.165) is 10.0 Å². The van der Waals surface area contributed by atoms with E-state index in [4.69, 9.17) is 5.73 Å². The molecule has 0 aliphatic heterocycles. The maximum Gasteiger partial charge on any atom is 0.292 e. The van der Waals surface area contributed by atoms with Crippen molar-refractivity contribution in [2.24, 2.45) is 0 Å². The number of hydrogen-bond donors (Lipinski definition) is 2. The summed E-state index contributed by atoms with van der Waals surface area (Å²) in [5, 5.41) is 13.4. The lowest BCUT2D eigenvalue weighted by molar-refractivity contribution is -0.383. The summed E-state index contributed by atoms with van der Waals surface area (Å²) in [6, 6.07) is 9.43. The average molecular weight is 350 g/mol. The molecule has 0 aliphatic carbocycles. The quantitative estimate of drug-likeness (QED) is 0.503. The molecule has 2 rings (SSSR count). The van der Waals surface area contributed by atoms with Crippen molar-refractivity contribution in [3.63, 3.8) is 0 Å². The molecule has 2 aromatic rings. The third-order valence-electron chi connectivity index (χ3n) is 2.86. The number of halogens is 1. The summed E-state index contributed by atoms with van der Waals surface area (Å²) in [6.07, 6.45) is 0. The zero-order valence-electron chi connectivity index (χ0n) is 11.1. The molecule has 0 radical (unpaired) electrons. The lowest BCUT2D eigenvalue weighted by atomic mass is 10.1. The van der Waals surface area contributed by atoms with Crippen molar-refractivity contribution in [1.29, 1.82) is 0 Å². The number of hydrogen-bond acceptors (Lipinski definition) is 4. The highest BCUT2D eigenvalue weighted by molar-refractivity contribution is 9.10. The van der Waals surface area contributed by atoms with Crippen LogP contribution in [0.25, 0.3) is 0 Å². The number of nitro benzene ring substituents is 1. The van der Waals surface area contributed by atoms with E-state index >= 15 is 0 Å². The number of carbonyl (C=O) groups excluding carboxylic acids is 1. The first kappa shape index (κ1) is 15.0. The minimum absolute atomic E-state index is 0.0454. The number of nitrogen functional groups attached to an aromatic ring is 1. The van der Waals surface area contributed by atoms with Crippen molar-refractivity contribution in [2.75, 3.05) is 11.1 Å². The third kappa shape index (κ3) is 3.38. The topological polar surface area (TPSA) is 98.3 Å². The second kappa shape index (κ2) is 5.92. The smallest absolute Gasteiger partial charge is 0.292 e. The molecule has 0 aliphatic rings. The van der Waals surface area contributed by atoms with Crippen LogP contribution in [0, 0.1) is 17.0 Å². The molecule has 1 amide bonds. The van der Waals surface area contributed by atoms with Crippen LogP contribution in [-0.4, -0.2) is 10.8 Å². The second-order valence-electron chi connectivity index (χ2n) is 4.47. The third-order valence-corrected chi connectivity index (χ3v) is 3.55. The Morgan fingerprint density at radius 1 is 1.29 bits per heavy atom. The van der Waals surface area contributed by atoms with Crippen LogP contribution in [0.1, 0.15) is 15.9 Å². The first-order chi connectivity index (χ1) is 9.88. The molecule has 0 saturated carbocycles. The summed E-state index contributed by atoms with van der Waals surface area (Å²) in [6.45, 7) is 1.91. The summed E-state index contributed by atoms with van der Waals surface area (Å²) in [5.41, 5.74) is 7.19. The molecule has 108 valence electrons. The summed E-state index contributed by atoms with van der Waals surface area (Å²) >= 11 is 3.35. The number of nitro groups is 1. The van der Waals surface area contributed by atoms with Gasteiger partial charge in [-0.05, 0) is 52.7 Å². The highest BCUT2D eigenvalue weighted by Crippen LogP contribution is 2.26. The number of nitrogens with zero attached hydrogens (tertiary/aromatic N) is 1. The summed E-state index contributed by atoms with van der Waals surface area (Å²) in [4.78, 5) is 22.3. The molecule has 0 fully saturated rings. The van der Waals surface area contributed by atoms with E-state index in [1.165, 1.54) is 18.2 Å². The molecule has 6 nitrogen and oxygen atoms in total. The minimum atomic E-state index is -0.589. The van der Waals surface area contributed by atoms with Crippen LogP contribution in [0.2, 0.25) is 0 Å². The van der Waals surface area contributed by atoms with E-state index in [9.17, 15) is 14.9 Å².